The fourth-order valence-electron chi connectivity index (χ4n) is 14.9. The molecule has 20 nitrogen and oxygen atoms in total. The maximum atomic E-state index is 14.0. The van der Waals surface area contributed by atoms with E-state index in [9.17, 15) is 90.8 Å². The van der Waals surface area contributed by atoms with Crippen molar-refractivity contribution in [1.82, 2.24) is 18.3 Å². The Morgan fingerprint density at radius 1 is 0.368 bits per heavy atom. The lowest BCUT2D eigenvalue weighted by Crippen LogP contribution is -2.11. The molecule has 4 aromatic heterocycles. The second-order valence-corrected chi connectivity index (χ2v) is 33.3. The van der Waals surface area contributed by atoms with E-state index in [-0.39, 0.29) is 46.6 Å². The SMILES string of the molecule is Cc1c(C2=CS(=O)(=O)c3ccccc32)c2cc(F)ccc2n1CC(=O)O.Cc1c(C2CS(=O)(=O)c3ccccc32)c2cc(F)ccc2n1CC(=O)O.Cc1ccc2c(c1)C(c1c(C)n(CC(=O)O)c3ccc(F)cc13)=CS2(=O)=O.Cc1ccc2c(c1)S(=O)(=O)C=C2c1c(C)n(CC(=O)O)c2ccc(F)cc12. The monoisotopic (exact) mass is 1510 g/mol. The third-order valence-corrected chi connectivity index (χ3v) is 25.6. The average Bonchev–Trinajstić information content (AvgIpc) is 1.59. The smallest absolute Gasteiger partial charge is 0.323 e. The molecule has 0 radical (unpaired) electrons. The third-order valence-electron chi connectivity index (χ3n) is 19.3. The Hall–Kier alpha value is -11.5. The van der Waals surface area contributed by atoms with Gasteiger partial charge in [0.1, 0.15) is 49.4 Å². The summed E-state index contributed by atoms with van der Waals surface area (Å²) >= 11 is 0. The van der Waals surface area contributed by atoms with Gasteiger partial charge in [0, 0.05) is 139 Å². The molecule has 0 aliphatic carbocycles. The van der Waals surface area contributed by atoms with Gasteiger partial charge in [-0.3, -0.25) is 19.2 Å². The lowest BCUT2D eigenvalue weighted by Gasteiger charge is -2.12. The molecule has 8 heterocycles. The van der Waals surface area contributed by atoms with E-state index in [0.29, 0.717) is 133 Å². The van der Waals surface area contributed by atoms with E-state index in [1.165, 1.54) is 89.0 Å². The van der Waals surface area contributed by atoms with Gasteiger partial charge < -0.3 is 38.7 Å². The standard InChI is InChI=1S/2C20H16FNO4S.C19H16FNO4S.C19H14FNO4S/c1-11-3-6-18-14(7-11)16(10-27(18,25)26)20-12(2)22(9-19(23)24)17-5-4-13(21)8-15(17)20;1-11-3-5-14-16(10-27(25,26)18(14)7-11)20-12(2)22(9-19(23)24)17-6-4-13(21)8-15(17)20;2*1-11-19(15-10-26(24,25)17-5-3-2-4-13(15)17)14-8-12(20)6-7-16(14)21(11)9-18(22)23/h2*3-8,10H,9H2,1-2H3,(H,23,24);2-8,15H,9-10H2,1H3,(H,22,23);2-8,10H,9H2,1H3,(H,22,23). The quantitative estimate of drug-likeness (QED) is 0.0826. The zero-order valence-electron chi connectivity index (χ0n) is 57.0. The molecule has 0 spiro atoms. The summed E-state index contributed by atoms with van der Waals surface area (Å²) in [5, 5.41) is 42.5. The lowest BCUT2D eigenvalue weighted by atomic mass is 9.91. The van der Waals surface area contributed by atoms with E-state index in [2.05, 4.69) is 0 Å². The summed E-state index contributed by atoms with van der Waals surface area (Å²) in [6.07, 6.45) is 0. The van der Waals surface area contributed by atoms with Crippen molar-refractivity contribution < 1.29 is 90.8 Å². The summed E-state index contributed by atoms with van der Waals surface area (Å²) in [6.45, 7) is 9.42. The first-order valence-electron chi connectivity index (χ1n) is 32.5. The second kappa shape index (κ2) is 26.9. The van der Waals surface area contributed by atoms with Gasteiger partial charge in [0.15, 0.2) is 9.84 Å². The summed E-state index contributed by atoms with van der Waals surface area (Å²) in [4.78, 5) is 46.0. The first-order chi connectivity index (χ1) is 50.0. The number of benzene rings is 8. The number of fused-ring (bicyclic) bond motifs is 8. The van der Waals surface area contributed by atoms with Gasteiger partial charge in [-0.2, -0.15) is 0 Å². The number of hydrogen-bond acceptors (Lipinski definition) is 12. The highest BCUT2D eigenvalue weighted by Gasteiger charge is 2.39. The number of halogens is 4. The Kier molecular flexibility index (Phi) is 18.5. The van der Waals surface area contributed by atoms with E-state index < -0.39 is 92.4 Å². The predicted octanol–water partition coefficient (Wildman–Crippen LogP) is 13.8. The molecule has 16 rings (SSSR count). The molecule has 1 atom stereocenters. The predicted molar refractivity (Wildman–Crippen MR) is 389 cm³/mol. The number of carbonyl (C=O) groups is 4. The average molecular weight is 1520 g/mol. The van der Waals surface area contributed by atoms with E-state index >= 15 is 0 Å². The number of aliphatic carboxylic acids is 4. The number of sulfone groups is 4. The molecule has 0 amide bonds. The molecular formula is C78H62F4N4O16S4. The van der Waals surface area contributed by atoms with Crippen molar-refractivity contribution in [3.8, 4) is 0 Å². The van der Waals surface area contributed by atoms with E-state index in [1.54, 1.807) is 125 Å². The Morgan fingerprint density at radius 3 is 1.15 bits per heavy atom. The highest BCUT2D eigenvalue weighted by atomic mass is 32.2. The number of carboxylic acid groups (broad SMARTS) is 4. The van der Waals surface area contributed by atoms with Crippen molar-refractivity contribution in [2.45, 2.75) is 93.2 Å². The molecule has 0 fully saturated rings. The Labute approximate surface area is 603 Å². The van der Waals surface area contributed by atoms with Gasteiger partial charge in [0.2, 0.25) is 29.5 Å². The Balaban J connectivity index is 0.000000125. The van der Waals surface area contributed by atoms with Crippen LogP contribution in [0.5, 0.6) is 0 Å². The van der Waals surface area contributed by atoms with Crippen molar-refractivity contribution in [2.24, 2.45) is 0 Å². The zero-order valence-corrected chi connectivity index (χ0v) is 60.2. The summed E-state index contributed by atoms with van der Waals surface area (Å²) in [5.74, 6) is -6.52. The van der Waals surface area contributed by atoms with Crippen LogP contribution in [0.4, 0.5) is 17.6 Å². The van der Waals surface area contributed by atoms with Crippen molar-refractivity contribution in [2.75, 3.05) is 5.75 Å². The normalized spacial score (nSPS) is 15.8. The molecule has 4 aliphatic heterocycles. The van der Waals surface area contributed by atoms with Gasteiger partial charge in [-0.15, -0.1) is 0 Å². The van der Waals surface area contributed by atoms with Crippen LogP contribution in [-0.4, -0.2) is 102 Å². The zero-order chi connectivity index (χ0) is 76.3. The number of rotatable bonds is 12. The van der Waals surface area contributed by atoms with Gasteiger partial charge in [-0.1, -0.05) is 66.2 Å². The Morgan fingerprint density at radius 2 is 0.708 bits per heavy atom. The van der Waals surface area contributed by atoms with Crippen LogP contribution in [0.25, 0.3) is 60.3 Å². The minimum Gasteiger partial charge on any atom is -0.480 e. The van der Waals surface area contributed by atoms with Crippen LogP contribution in [-0.2, 0) is 84.7 Å². The lowest BCUT2D eigenvalue weighted by molar-refractivity contribution is -0.138. The Bertz CT molecular complexity index is 6470. The fourth-order valence-corrected chi connectivity index (χ4v) is 21.1. The second-order valence-electron chi connectivity index (χ2n) is 26.0. The molecule has 106 heavy (non-hydrogen) atoms. The van der Waals surface area contributed by atoms with Crippen LogP contribution in [0, 0.1) is 64.8 Å². The molecule has 12 aromatic rings. The van der Waals surface area contributed by atoms with Crippen molar-refractivity contribution in [3.05, 3.63) is 276 Å². The van der Waals surface area contributed by atoms with Gasteiger partial charge in [-0.25, -0.2) is 51.2 Å². The van der Waals surface area contributed by atoms with Crippen LogP contribution in [0.3, 0.4) is 0 Å². The van der Waals surface area contributed by atoms with Crippen molar-refractivity contribution >= 4 is 124 Å². The van der Waals surface area contributed by atoms with Crippen molar-refractivity contribution in [1.29, 1.82) is 0 Å². The maximum absolute atomic E-state index is 14.0. The van der Waals surface area contributed by atoms with Crippen LogP contribution < -0.4 is 0 Å². The topological polar surface area (TPSA) is 305 Å². The van der Waals surface area contributed by atoms with Gasteiger partial charge in [-0.05, 0) is 155 Å². The first-order valence-corrected chi connectivity index (χ1v) is 38.8. The van der Waals surface area contributed by atoms with Crippen molar-refractivity contribution in [3.63, 3.8) is 0 Å². The number of nitrogens with zero attached hydrogens (tertiary/aromatic N) is 4. The minimum atomic E-state index is -3.62. The number of hydrogen-bond donors (Lipinski definition) is 4. The summed E-state index contributed by atoms with van der Waals surface area (Å²) in [6, 6.07) is 40.1. The van der Waals surface area contributed by atoms with Gasteiger partial charge in [0.05, 0.1) is 25.3 Å². The number of aromatic nitrogens is 4. The number of aryl methyl sites for hydroxylation is 2. The highest BCUT2D eigenvalue weighted by molar-refractivity contribution is 7.95. The molecule has 28 heteroatoms. The number of carboxylic acids is 4. The molecule has 0 saturated heterocycles. The van der Waals surface area contributed by atoms with Crippen LogP contribution >= 0.6 is 0 Å². The molecule has 0 bridgehead atoms. The first kappa shape index (κ1) is 72.9. The molecular weight excluding hydrogens is 1450 g/mol. The van der Waals surface area contributed by atoms with Gasteiger partial charge in [0.25, 0.3) is 0 Å². The molecule has 1 unspecified atom stereocenters. The molecule has 542 valence electrons. The summed E-state index contributed by atoms with van der Waals surface area (Å²) < 4.78 is 163. The molecule has 8 aromatic carbocycles. The third kappa shape index (κ3) is 13.0. The largest absolute Gasteiger partial charge is 0.480 e. The summed E-state index contributed by atoms with van der Waals surface area (Å²) in [5.41, 5.74) is 12.3. The highest BCUT2D eigenvalue weighted by Crippen LogP contribution is 2.48. The van der Waals surface area contributed by atoms with E-state index in [0.717, 1.165) is 11.1 Å². The van der Waals surface area contributed by atoms with Crippen LogP contribution in [0.15, 0.2) is 194 Å². The van der Waals surface area contributed by atoms with Crippen LogP contribution in [0.1, 0.15) is 84.3 Å². The van der Waals surface area contributed by atoms with E-state index in [4.69, 9.17) is 0 Å². The van der Waals surface area contributed by atoms with Crippen LogP contribution in [0.2, 0.25) is 0 Å². The van der Waals surface area contributed by atoms with Gasteiger partial charge >= 0.3 is 23.9 Å². The summed E-state index contributed by atoms with van der Waals surface area (Å²) in [7, 11) is -14.3. The fraction of sp³-hybridized carbons (Fsp3) is 0.154. The molecule has 0 saturated carbocycles. The minimum absolute atomic E-state index is 0.101. The maximum Gasteiger partial charge on any atom is 0.323 e. The van der Waals surface area contributed by atoms with E-state index in [1.807, 2.05) is 19.9 Å². The molecule has 4 N–H and O–H groups in total. The molecule has 4 aliphatic rings.